The minimum atomic E-state index is -1.07. The summed E-state index contributed by atoms with van der Waals surface area (Å²) in [5.41, 5.74) is 3.71. The van der Waals surface area contributed by atoms with Crippen LogP contribution in [0.15, 0.2) is 48.5 Å². The van der Waals surface area contributed by atoms with Crippen molar-refractivity contribution >= 4 is 17.7 Å². The van der Waals surface area contributed by atoms with Gasteiger partial charge in [-0.05, 0) is 56.0 Å². The van der Waals surface area contributed by atoms with E-state index in [-0.39, 0.29) is 25.0 Å². The molecule has 1 aromatic heterocycles. The van der Waals surface area contributed by atoms with E-state index in [2.05, 4.69) is 5.32 Å². The third kappa shape index (κ3) is 2.81. The Morgan fingerprint density at radius 3 is 2.71 bits per heavy atom. The van der Waals surface area contributed by atoms with Crippen LogP contribution in [0.3, 0.4) is 0 Å². The van der Waals surface area contributed by atoms with Gasteiger partial charge in [-0.2, -0.15) is 0 Å². The van der Waals surface area contributed by atoms with Gasteiger partial charge >= 0.3 is 6.03 Å². The van der Waals surface area contributed by atoms with Crippen LogP contribution in [0, 0.1) is 13.8 Å². The van der Waals surface area contributed by atoms with Crippen LogP contribution in [0.5, 0.6) is 11.5 Å². The highest BCUT2D eigenvalue weighted by atomic mass is 16.7. The highest BCUT2D eigenvalue weighted by molar-refractivity contribution is 6.12. The van der Waals surface area contributed by atoms with Gasteiger partial charge in [0.25, 0.3) is 5.91 Å². The Kier molecular flexibility index (Phi) is 4.36. The number of carbonyl (C=O) groups is 3. The van der Waals surface area contributed by atoms with E-state index in [4.69, 9.17) is 9.47 Å². The summed E-state index contributed by atoms with van der Waals surface area (Å²) in [7, 11) is 0. The second kappa shape index (κ2) is 7.21. The van der Waals surface area contributed by atoms with Crippen LogP contribution in [0.4, 0.5) is 4.79 Å². The number of ether oxygens (including phenoxy) is 2. The molecule has 1 spiro atoms. The van der Waals surface area contributed by atoms with E-state index in [9.17, 15) is 14.4 Å². The predicted molar refractivity (Wildman–Crippen MR) is 122 cm³/mol. The smallest absolute Gasteiger partial charge is 0.325 e. The fourth-order valence-electron chi connectivity index (χ4n) is 5.43. The molecule has 34 heavy (non-hydrogen) atoms. The van der Waals surface area contributed by atoms with Gasteiger partial charge in [0.05, 0.1) is 6.54 Å². The summed E-state index contributed by atoms with van der Waals surface area (Å²) in [6.45, 7) is 3.64. The first-order valence-corrected chi connectivity index (χ1v) is 11.2. The van der Waals surface area contributed by atoms with Gasteiger partial charge in [0, 0.05) is 28.7 Å². The molecule has 0 saturated carbocycles. The zero-order valence-corrected chi connectivity index (χ0v) is 18.9. The average Bonchev–Trinajstić information content (AvgIpc) is 3.57. The lowest BCUT2D eigenvalue weighted by atomic mass is 9.92. The Morgan fingerprint density at radius 1 is 1.06 bits per heavy atom. The zero-order valence-electron chi connectivity index (χ0n) is 18.9. The Bertz CT molecular complexity index is 1390. The number of amides is 3. The molecule has 1 saturated heterocycles. The van der Waals surface area contributed by atoms with Gasteiger partial charge in [-0.1, -0.05) is 24.3 Å². The topological polar surface area (TPSA) is 89.9 Å². The Hall–Kier alpha value is -4.07. The van der Waals surface area contributed by atoms with Crippen molar-refractivity contribution in [2.75, 3.05) is 13.3 Å². The fourth-order valence-corrected chi connectivity index (χ4v) is 5.43. The van der Waals surface area contributed by atoms with Gasteiger partial charge in [-0.3, -0.25) is 14.5 Å². The van der Waals surface area contributed by atoms with Gasteiger partial charge in [0.1, 0.15) is 5.54 Å². The molecule has 3 aromatic rings. The van der Waals surface area contributed by atoms with Crippen LogP contribution in [-0.2, 0) is 16.8 Å². The molecular weight excluding hydrogens is 434 g/mol. The number of ketones is 1. The average molecular weight is 457 g/mol. The van der Waals surface area contributed by atoms with Crippen molar-refractivity contribution in [3.8, 4) is 17.2 Å². The summed E-state index contributed by atoms with van der Waals surface area (Å²) in [4.78, 5) is 40.6. The molecule has 3 aliphatic rings. The molecular formula is C26H23N3O5. The molecule has 1 N–H and O–H groups in total. The van der Waals surface area contributed by atoms with Crippen molar-refractivity contribution < 1.29 is 23.9 Å². The zero-order chi connectivity index (χ0) is 23.6. The van der Waals surface area contributed by atoms with Crippen LogP contribution >= 0.6 is 0 Å². The summed E-state index contributed by atoms with van der Waals surface area (Å²) in [5.74, 6) is 0.690. The molecule has 6 rings (SSSR count). The van der Waals surface area contributed by atoms with Crippen LogP contribution in [-0.4, -0.2) is 40.5 Å². The van der Waals surface area contributed by atoms with E-state index in [1.165, 1.54) is 0 Å². The van der Waals surface area contributed by atoms with Crippen molar-refractivity contribution in [3.05, 3.63) is 76.6 Å². The standard InChI is InChI=1S/C26H23N3O5/c1-15-11-19(16(2)29(15)18-7-8-22-23(12-18)34-14-33-22)21(30)13-28-24(31)26(27-25(28)32)10-9-17-5-3-4-6-20(17)26/h3-8,11-12H,9-10,13-14H2,1-2H3,(H,27,32)/t26-/m1/s1. The molecule has 2 aliphatic heterocycles. The molecule has 2 aromatic carbocycles. The largest absolute Gasteiger partial charge is 0.454 e. The molecule has 1 aliphatic carbocycles. The maximum Gasteiger partial charge on any atom is 0.325 e. The predicted octanol–water partition coefficient (Wildman–Crippen LogP) is 3.40. The van der Waals surface area contributed by atoms with Gasteiger partial charge in [0.15, 0.2) is 17.3 Å². The van der Waals surface area contributed by atoms with E-state index in [1.54, 1.807) is 6.07 Å². The second-order valence-electron chi connectivity index (χ2n) is 8.96. The number of hydrogen-bond donors (Lipinski definition) is 1. The number of imide groups is 1. The lowest BCUT2D eigenvalue weighted by molar-refractivity contribution is -0.131. The number of nitrogens with one attached hydrogen (secondary N) is 1. The van der Waals surface area contributed by atoms with E-state index in [1.807, 2.05) is 60.9 Å². The maximum absolute atomic E-state index is 13.4. The Balaban J connectivity index is 1.28. The number of aromatic nitrogens is 1. The number of benzene rings is 2. The minimum absolute atomic E-state index is 0.185. The summed E-state index contributed by atoms with van der Waals surface area (Å²) >= 11 is 0. The highest BCUT2D eigenvalue weighted by Crippen LogP contribution is 2.41. The second-order valence-corrected chi connectivity index (χ2v) is 8.96. The molecule has 172 valence electrons. The molecule has 8 heteroatoms. The SMILES string of the molecule is Cc1cc(C(=O)CN2C(=O)N[C@@]3(CCc4ccccc43)C2=O)c(C)n1-c1ccc2c(c1)OCO2. The number of Topliss-reactive ketones (excluding diaryl/α,β-unsaturated/α-hetero) is 1. The van der Waals surface area contributed by atoms with Crippen LogP contribution in [0.1, 0.15) is 39.3 Å². The van der Waals surface area contributed by atoms with Crippen molar-refractivity contribution in [1.29, 1.82) is 0 Å². The summed E-state index contributed by atoms with van der Waals surface area (Å²) in [6, 6.07) is 14.5. The van der Waals surface area contributed by atoms with Gasteiger partial charge in [-0.25, -0.2) is 4.79 Å². The number of urea groups is 1. The van der Waals surface area contributed by atoms with Crippen molar-refractivity contribution in [2.24, 2.45) is 0 Å². The number of carbonyl (C=O) groups excluding carboxylic acids is 3. The molecule has 0 unspecified atom stereocenters. The third-order valence-electron chi connectivity index (χ3n) is 7.07. The Morgan fingerprint density at radius 2 is 1.85 bits per heavy atom. The molecule has 0 bridgehead atoms. The normalized spacial score (nSPS) is 20.2. The third-order valence-corrected chi connectivity index (χ3v) is 7.07. The molecule has 8 nitrogen and oxygen atoms in total. The van der Waals surface area contributed by atoms with E-state index < -0.39 is 11.6 Å². The number of hydrogen-bond acceptors (Lipinski definition) is 5. The first-order valence-electron chi connectivity index (χ1n) is 11.2. The number of rotatable bonds is 4. The number of fused-ring (bicyclic) bond motifs is 3. The molecule has 1 fully saturated rings. The molecule has 1 atom stereocenters. The first kappa shape index (κ1) is 20.5. The summed E-state index contributed by atoms with van der Waals surface area (Å²) < 4.78 is 12.8. The van der Waals surface area contributed by atoms with Gasteiger partial charge in [0.2, 0.25) is 6.79 Å². The quantitative estimate of drug-likeness (QED) is 0.479. The summed E-state index contributed by atoms with van der Waals surface area (Å²) in [6.07, 6.45) is 1.21. The highest BCUT2D eigenvalue weighted by Gasteiger charge is 2.55. The molecule has 3 amide bonds. The number of aryl methyl sites for hydroxylation is 2. The minimum Gasteiger partial charge on any atom is -0.454 e. The van der Waals surface area contributed by atoms with E-state index in [0.717, 1.165) is 33.1 Å². The van der Waals surface area contributed by atoms with Crippen molar-refractivity contribution in [2.45, 2.75) is 32.2 Å². The molecule has 0 radical (unpaired) electrons. The van der Waals surface area contributed by atoms with E-state index >= 15 is 0 Å². The maximum atomic E-state index is 13.4. The lowest BCUT2D eigenvalue weighted by Gasteiger charge is -2.22. The fraction of sp³-hybridized carbons (Fsp3) is 0.269. The van der Waals surface area contributed by atoms with Crippen LogP contribution in [0.25, 0.3) is 5.69 Å². The van der Waals surface area contributed by atoms with Gasteiger partial charge in [-0.15, -0.1) is 0 Å². The summed E-state index contributed by atoms with van der Waals surface area (Å²) in [5, 5.41) is 2.88. The monoisotopic (exact) mass is 457 g/mol. The van der Waals surface area contributed by atoms with Crippen LogP contribution < -0.4 is 14.8 Å². The lowest BCUT2D eigenvalue weighted by Crippen LogP contribution is -2.42. The van der Waals surface area contributed by atoms with Crippen molar-refractivity contribution in [3.63, 3.8) is 0 Å². The van der Waals surface area contributed by atoms with Crippen molar-refractivity contribution in [1.82, 2.24) is 14.8 Å². The Labute approximate surface area is 196 Å². The number of nitrogens with zero attached hydrogens (tertiary/aromatic N) is 2. The van der Waals surface area contributed by atoms with Crippen LogP contribution in [0.2, 0.25) is 0 Å². The van der Waals surface area contributed by atoms with E-state index in [0.29, 0.717) is 29.9 Å². The van der Waals surface area contributed by atoms with Gasteiger partial charge < -0.3 is 19.4 Å². The molecule has 3 heterocycles. The first-order chi connectivity index (χ1) is 16.4.